The molecule has 3 N–H and O–H groups in total. The van der Waals surface area contributed by atoms with E-state index in [0.29, 0.717) is 11.6 Å². The molecule has 1 aromatic carbocycles. The molecule has 1 atom stereocenters. The van der Waals surface area contributed by atoms with Gasteiger partial charge < -0.3 is 10.5 Å². The summed E-state index contributed by atoms with van der Waals surface area (Å²) in [6.07, 6.45) is 1.04. The highest BCUT2D eigenvalue weighted by Crippen LogP contribution is 2.02. The number of rotatable bonds is 2. The topological polar surface area (TPSA) is 89.6 Å². The Morgan fingerprint density at radius 1 is 1.35 bits per heavy atom. The number of ether oxygens (including phenoxy) is 1. The van der Waals surface area contributed by atoms with Crippen LogP contribution in [-0.2, 0) is 20.6 Å². The van der Waals surface area contributed by atoms with Gasteiger partial charge >= 0.3 is 0 Å². The number of benzene rings is 1. The second kappa shape index (κ2) is 6.70. The van der Waals surface area contributed by atoms with E-state index in [1.54, 1.807) is 30.3 Å². The first kappa shape index (κ1) is 14.1. The van der Waals surface area contributed by atoms with E-state index >= 15 is 0 Å². The Bertz CT molecular complexity index is 412. The third-order valence-electron chi connectivity index (χ3n) is 2.16. The smallest absolute Gasteiger partial charge is 0.269 e. The fourth-order valence-electron chi connectivity index (χ4n) is 1.34. The van der Waals surface area contributed by atoms with Crippen molar-refractivity contribution < 1.29 is 17.7 Å². The molecule has 1 saturated heterocycles. The SMILES string of the molecule is N[C@@H]1CCOC1.O=S(=O)(O)Cc1ccccc1. The highest BCUT2D eigenvalue weighted by Gasteiger charge is 2.08. The Labute approximate surface area is 101 Å². The van der Waals surface area contributed by atoms with Gasteiger partial charge in [0.15, 0.2) is 0 Å². The van der Waals surface area contributed by atoms with Gasteiger partial charge in [0.25, 0.3) is 10.1 Å². The number of hydrogen-bond acceptors (Lipinski definition) is 4. The van der Waals surface area contributed by atoms with Crippen molar-refractivity contribution in [2.45, 2.75) is 18.2 Å². The summed E-state index contributed by atoms with van der Waals surface area (Å²) in [6.45, 7) is 1.63. The van der Waals surface area contributed by atoms with E-state index in [2.05, 4.69) is 0 Å². The fraction of sp³-hybridized carbons (Fsp3) is 0.455. The largest absolute Gasteiger partial charge is 0.380 e. The van der Waals surface area contributed by atoms with Gasteiger partial charge in [-0.15, -0.1) is 0 Å². The average Bonchev–Trinajstić information content (AvgIpc) is 2.69. The molecule has 0 aromatic heterocycles. The Morgan fingerprint density at radius 2 is 2.00 bits per heavy atom. The van der Waals surface area contributed by atoms with E-state index in [0.717, 1.165) is 19.6 Å². The van der Waals surface area contributed by atoms with Crippen molar-refractivity contribution in [1.29, 1.82) is 0 Å². The molecular weight excluding hydrogens is 242 g/mol. The van der Waals surface area contributed by atoms with Gasteiger partial charge in [-0.2, -0.15) is 8.42 Å². The first-order valence-corrected chi connectivity index (χ1v) is 6.91. The van der Waals surface area contributed by atoms with Crippen LogP contribution in [0.15, 0.2) is 30.3 Å². The highest BCUT2D eigenvalue weighted by atomic mass is 32.2. The van der Waals surface area contributed by atoms with E-state index in [4.69, 9.17) is 15.0 Å². The van der Waals surface area contributed by atoms with E-state index in [1.807, 2.05) is 0 Å². The van der Waals surface area contributed by atoms with Crippen molar-refractivity contribution in [3.05, 3.63) is 35.9 Å². The first-order chi connectivity index (χ1) is 7.97. The van der Waals surface area contributed by atoms with Gasteiger partial charge in [-0.1, -0.05) is 30.3 Å². The van der Waals surface area contributed by atoms with Crippen LogP contribution in [0.5, 0.6) is 0 Å². The number of hydrogen-bond donors (Lipinski definition) is 2. The summed E-state index contributed by atoms with van der Waals surface area (Å²) in [7, 11) is -3.88. The quantitative estimate of drug-likeness (QED) is 0.767. The van der Waals surface area contributed by atoms with Crippen LogP contribution in [0.4, 0.5) is 0 Å². The van der Waals surface area contributed by atoms with Gasteiger partial charge in [-0.05, 0) is 12.0 Å². The second-order valence-electron chi connectivity index (χ2n) is 3.84. The van der Waals surface area contributed by atoms with Crippen LogP contribution in [-0.4, -0.2) is 32.2 Å². The molecule has 1 fully saturated rings. The molecule has 0 bridgehead atoms. The fourth-order valence-corrected chi connectivity index (χ4v) is 1.95. The van der Waals surface area contributed by atoms with Crippen molar-refractivity contribution in [3.8, 4) is 0 Å². The summed E-state index contributed by atoms with van der Waals surface area (Å²) < 4.78 is 34.1. The lowest BCUT2D eigenvalue weighted by molar-refractivity contribution is 0.194. The molecule has 2 rings (SSSR count). The summed E-state index contributed by atoms with van der Waals surface area (Å²) in [5.74, 6) is -0.312. The molecule has 0 unspecified atom stereocenters. The lowest BCUT2D eigenvalue weighted by atomic mass is 10.2. The van der Waals surface area contributed by atoms with Crippen molar-refractivity contribution in [1.82, 2.24) is 0 Å². The predicted octanol–water partition coefficient (Wildman–Crippen LogP) is 0.808. The van der Waals surface area contributed by atoms with E-state index < -0.39 is 10.1 Å². The molecule has 1 heterocycles. The van der Waals surface area contributed by atoms with E-state index in [9.17, 15) is 8.42 Å². The maximum Gasteiger partial charge on any atom is 0.269 e. The Kier molecular flexibility index (Phi) is 5.57. The zero-order valence-corrected chi connectivity index (χ0v) is 10.3. The van der Waals surface area contributed by atoms with Gasteiger partial charge in [0.1, 0.15) is 5.75 Å². The van der Waals surface area contributed by atoms with E-state index in [1.165, 1.54) is 0 Å². The average molecular weight is 259 g/mol. The lowest BCUT2D eigenvalue weighted by Crippen LogP contribution is -2.18. The van der Waals surface area contributed by atoms with Gasteiger partial charge in [-0.3, -0.25) is 4.55 Å². The van der Waals surface area contributed by atoms with Crippen molar-refractivity contribution in [3.63, 3.8) is 0 Å². The van der Waals surface area contributed by atoms with Crippen LogP contribution in [0.25, 0.3) is 0 Å². The molecule has 17 heavy (non-hydrogen) atoms. The molecule has 6 heteroatoms. The van der Waals surface area contributed by atoms with Gasteiger partial charge in [-0.25, -0.2) is 0 Å². The second-order valence-corrected chi connectivity index (χ2v) is 5.29. The van der Waals surface area contributed by atoms with Gasteiger partial charge in [0.2, 0.25) is 0 Å². The summed E-state index contributed by atoms with van der Waals surface area (Å²) in [4.78, 5) is 0. The molecular formula is C11H17NO4S. The summed E-state index contributed by atoms with van der Waals surface area (Å²) in [5, 5.41) is 0. The molecule has 0 aliphatic carbocycles. The molecule has 0 spiro atoms. The minimum absolute atomic E-state index is 0.312. The lowest BCUT2D eigenvalue weighted by Gasteiger charge is -1.95. The monoisotopic (exact) mass is 259 g/mol. The third kappa shape index (κ3) is 7.06. The van der Waals surface area contributed by atoms with Crippen LogP contribution < -0.4 is 5.73 Å². The van der Waals surface area contributed by atoms with Crippen LogP contribution in [0.3, 0.4) is 0 Å². The standard InChI is InChI=1S/C7H8O3S.C4H9NO/c8-11(9,10)6-7-4-2-1-3-5-7;5-4-1-2-6-3-4/h1-5H,6H2,(H,8,9,10);4H,1-3,5H2/t;4-/m.1/s1. The van der Waals surface area contributed by atoms with Crippen LogP contribution >= 0.6 is 0 Å². The molecule has 5 nitrogen and oxygen atoms in total. The van der Waals surface area contributed by atoms with Crippen molar-refractivity contribution in [2.24, 2.45) is 5.73 Å². The van der Waals surface area contributed by atoms with Crippen LogP contribution in [0, 0.1) is 0 Å². The zero-order chi connectivity index (χ0) is 12.7. The van der Waals surface area contributed by atoms with Gasteiger partial charge in [0.05, 0.1) is 6.61 Å². The molecule has 1 aromatic rings. The van der Waals surface area contributed by atoms with Crippen molar-refractivity contribution >= 4 is 10.1 Å². The molecule has 0 radical (unpaired) electrons. The minimum atomic E-state index is -3.88. The van der Waals surface area contributed by atoms with Crippen molar-refractivity contribution in [2.75, 3.05) is 13.2 Å². The van der Waals surface area contributed by atoms with Gasteiger partial charge in [0, 0.05) is 12.6 Å². The number of nitrogens with two attached hydrogens (primary N) is 1. The molecule has 0 saturated carbocycles. The predicted molar refractivity (Wildman–Crippen MR) is 65.1 cm³/mol. The maximum absolute atomic E-state index is 10.4. The van der Waals surface area contributed by atoms with Crippen LogP contribution in [0.2, 0.25) is 0 Å². The van der Waals surface area contributed by atoms with Crippen LogP contribution in [0.1, 0.15) is 12.0 Å². The summed E-state index contributed by atoms with van der Waals surface area (Å²) >= 11 is 0. The maximum atomic E-state index is 10.4. The molecule has 1 aliphatic rings. The first-order valence-electron chi connectivity index (χ1n) is 5.30. The normalized spacial score (nSPS) is 19.5. The van der Waals surface area contributed by atoms with E-state index in [-0.39, 0.29) is 5.75 Å². The summed E-state index contributed by atoms with van der Waals surface area (Å²) in [6, 6.07) is 8.85. The molecule has 0 amide bonds. The molecule has 96 valence electrons. The molecule has 1 aliphatic heterocycles. The third-order valence-corrected chi connectivity index (χ3v) is 2.85. The summed E-state index contributed by atoms with van der Waals surface area (Å²) in [5.41, 5.74) is 6.00. The minimum Gasteiger partial charge on any atom is -0.380 e. The zero-order valence-electron chi connectivity index (χ0n) is 9.45. The Morgan fingerprint density at radius 3 is 2.35 bits per heavy atom. The highest BCUT2D eigenvalue weighted by molar-refractivity contribution is 7.85. The Hall–Kier alpha value is -0.950. The Balaban J connectivity index is 0.000000202.